The molecule has 6 heteroatoms. The summed E-state index contributed by atoms with van der Waals surface area (Å²) in [5.74, 6) is 1.54. The van der Waals surface area contributed by atoms with Gasteiger partial charge in [0.2, 0.25) is 17.7 Å². The predicted octanol–water partition coefficient (Wildman–Crippen LogP) is 2.46. The molecule has 0 bridgehead atoms. The second-order valence-electron chi connectivity index (χ2n) is 4.37. The average molecular weight is 272 g/mol. The van der Waals surface area contributed by atoms with Gasteiger partial charge in [-0.3, -0.25) is 0 Å². The van der Waals surface area contributed by atoms with E-state index in [1.807, 2.05) is 0 Å². The number of hydrogen-bond acceptors (Lipinski definition) is 5. The summed E-state index contributed by atoms with van der Waals surface area (Å²) in [5.41, 5.74) is 0. The van der Waals surface area contributed by atoms with E-state index in [0.29, 0.717) is 29.1 Å². The Morgan fingerprint density at radius 1 is 1.11 bits per heavy atom. The van der Waals surface area contributed by atoms with Crippen LogP contribution in [0.4, 0.5) is 5.95 Å². The number of nitrogens with one attached hydrogen (secondary N) is 1. The summed E-state index contributed by atoms with van der Waals surface area (Å²) in [7, 11) is 3.15. The summed E-state index contributed by atoms with van der Waals surface area (Å²) < 4.78 is 10.2. The maximum Gasteiger partial charge on any atom is 0.229 e. The summed E-state index contributed by atoms with van der Waals surface area (Å²) in [4.78, 5) is 8.51. The van der Waals surface area contributed by atoms with Gasteiger partial charge < -0.3 is 14.8 Å². The molecule has 1 aromatic rings. The minimum absolute atomic E-state index is 0.309. The van der Waals surface area contributed by atoms with Crippen LogP contribution in [0.1, 0.15) is 25.7 Å². The average Bonchev–Trinajstić information content (AvgIpc) is 2.41. The molecule has 0 amide bonds. The van der Waals surface area contributed by atoms with Crippen molar-refractivity contribution in [2.24, 2.45) is 0 Å². The summed E-state index contributed by atoms with van der Waals surface area (Å²) in [6.45, 7) is 0. The van der Waals surface area contributed by atoms with Crippen molar-refractivity contribution in [1.29, 1.82) is 0 Å². The molecule has 1 saturated carbocycles. The quantitative estimate of drug-likeness (QED) is 0.853. The molecule has 1 aromatic heterocycles. The zero-order valence-electron chi connectivity index (χ0n) is 10.6. The number of halogens is 1. The van der Waals surface area contributed by atoms with E-state index in [4.69, 9.17) is 21.1 Å². The van der Waals surface area contributed by atoms with Gasteiger partial charge >= 0.3 is 0 Å². The van der Waals surface area contributed by atoms with Gasteiger partial charge in [0.1, 0.15) is 0 Å². The number of ether oxygens (including phenoxy) is 2. The van der Waals surface area contributed by atoms with Crippen LogP contribution in [0.3, 0.4) is 0 Å². The van der Waals surface area contributed by atoms with Crippen LogP contribution in [-0.4, -0.2) is 35.6 Å². The molecule has 0 aromatic carbocycles. The Balaban J connectivity index is 2.03. The predicted molar refractivity (Wildman–Crippen MR) is 70.7 cm³/mol. The third-order valence-electron chi connectivity index (χ3n) is 3.09. The second kappa shape index (κ2) is 6.09. The van der Waals surface area contributed by atoms with Crippen LogP contribution in [0.5, 0.6) is 11.8 Å². The van der Waals surface area contributed by atoms with E-state index in [1.165, 1.54) is 0 Å². The van der Waals surface area contributed by atoms with E-state index in [1.54, 1.807) is 20.3 Å². The minimum atomic E-state index is 0.309. The lowest BCUT2D eigenvalue weighted by molar-refractivity contribution is 0.371. The van der Waals surface area contributed by atoms with Crippen molar-refractivity contribution in [3.05, 3.63) is 6.07 Å². The number of methoxy groups -OCH3 is 2. The van der Waals surface area contributed by atoms with Crippen molar-refractivity contribution in [1.82, 2.24) is 9.97 Å². The Labute approximate surface area is 112 Å². The van der Waals surface area contributed by atoms with Crippen LogP contribution < -0.4 is 14.8 Å². The van der Waals surface area contributed by atoms with E-state index in [-0.39, 0.29) is 0 Å². The molecular formula is C12H18ClN3O2. The van der Waals surface area contributed by atoms with Gasteiger partial charge in [0.25, 0.3) is 0 Å². The molecule has 100 valence electrons. The molecule has 18 heavy (non-hydrogen) atoms. The fraction of sp³-hybridized carbons (Fsp3) is 0.667. The Kier molecular flexibility index (Phi) is 4.47. The second-order valence-corrected chi connectivity index (χ2v) is 4.99. The van der Waals surface area contributed by atoms with E-state index in [9.17, 15) is 0 Å². The normalized spacial score (nSPS) is 23.5. The number of nitrogens with zero attached hydrogens (tertiary/aromatic N) is 2. The van der Waals surface area contributed by atoms with Crippen LogP contribution in [0.15, 0.2) is 6.07 Å². The van der Waals surface area contributed by atoms with Gasteiger partial charge in [-0.25, -0.2) is 0 Å². The molecule has 5 nitrogen and oxygen atoms in total. The molecule has 2 rings (SSSR count). The lowest BCUT2D eigenvalue weighted by atomic mass is 9.95. The molecule has 1 aliphatic carbocycles. The first-order valence-corrected chi connectivity index (χ1v) is 6.52. The highest BCUT2D eigenvalue weighted by molar-refractivity contribution is 6.20. The first kappa shape index (κ1) is 13.2. The summed E-state index contributed by atoms with van der Waals surface area (Å²) in [6.07, 6.45) is 4.13. The topological polar surface area (TPSA) is 56.3 Å². The largest absolute Gasteiger partial charge is 0.481 e. The van der Waals surface area contributed by atoms with Gasteiger partial charge in [-0.05, 0) is 25.7 Å². The molecule has 0 saturated heterocycles. The van der Waals surface area contributed by atoms with Crippen molar-refractivity contribution in [3.63, 3.8) is 0 Å². The number of hydrogen-bond donors (Lipinski definition) is 1. The molecule has 1 N–H and O–H groups in total. The lowest BCUT2D eigenvalue weighted by Crippen LogP contribution is -2.27. The molecule has 1 aliphatic rings. The zero-order chi connectivity index (χ0) is 13.0. The third-order valence-corrected chi connectivity index (χ3v) is 3.52. The SMILES string of the molecule is COc1cc(OC)nc(NC2CCC(Cl)CC2)n1. The standard InChI is InChI=1S/C12H18ClN3O2/c1-17-10-7-11(18-2)16-12(15-10)14-9-5-3-8(13)4-6-9/h7-9H,3-6H2,1-2H3,(H,14,15,16). The van der Waals surface area contributed by atoms with Gasteiger partial charge in [-0.15, -0.1) is 11.6 Å². The Morgan fingerprint density at radius 3 is 2.17 bits per heavy atom. The monoisotopic (exact) mass is 271 g/mol. The molecule has 1 heterocycles. The van der Waals surface area contributed by atoms with E-state index >= 15 is 0 Å². The highest BCUT2D eigenvalue weighted by Gasteiger charge is 2.20. The third kappa shape index (κ3) is 3.38. The summed E-state index contributed by atoms with van der Waals surface area (Å²) >= 11 is 6.08. The van der Waals surface area contributed by atoms with Gasteiger partial charge in [0, 0.05) is 11.4 Å². The first-order valence-electron chi connectivity index (χ1n) is 6.09. The highest BCUT2D eigenvalue weighted by Crippen LogP contribution is 2.25. The maximum absolute atomic E-state index is 6.08. The number of rotatable bonds is 4. The minimum Gasteiger partial charge on any atom is -0.481 e. The molecule has 1 fully saturated rings. The van der Waals surface area contributed by atoms with Crippen LogP contribution in [-0.2, 0) is 0 Å². The Bertz CT molecular complexity index is 373. The van der Waals surface area contributed by atoms with Gasteiger partial charge in [0.15, 0.2) is 0 Å². The van der Waals surface area contributed by atoms with Gasteiger partial charge in [-0.1, -0.05) is 0 Å². The fourth-order valence-electron chi connectivity index (χ4n) is 2.06. The van der Waals surface area contributed by atoms with Crippen molar-refractivity contribution < 1.29 is 9.47 Å². The summed E-state index contributed by atoms with van der Waals surface area (Å²) in [6, 6.07) is 2.03. The number of aromatic nitrogens is 2. The first-order chi connectivity index (χ1) is 8.71. The molecule has 0 aliphatic heterocycles. The van der Waals surface area contributed by atoms with E-state index in [0.717, 1.165) is 25.7 Å². The summed E-state index contributed by atoms with van der Waals surface area (Å²) in [5, 5.41) is 3.62. The van der Waals surface area contributed by atoms with Crippen LogP contribution in [0.25, 0.3) is 0 Å². The van der Waals surface area contributed by atoms with Crippen LogP contribution in [0, 0.1) is 0 Å². The van der Waals surface area contributed by atoms with Crippen molar-refractivity contribution in [2.75, 3.05) is 19.5 Å². The van der Waals surface area contributed by atoms with Crippen molar-refractivity contribution in [2.45, 2.75) is 37.1 Å². The van der Waals surface area contributed by atoms with Crippen LogP contribution >= 0.6 is 11.6 Å². The van der Waals surface area contributed by atoms with E-state index in [2.05, 4.69) is 15.3 Å². The highest BCUT2D eigenvalue weighted by atomic mass is 35.5. The lowest BCUT2D eigenvalue weighted by Gasteiger charge is -2.25. The number of anilines is 1. The van der Waals surface area contributed by atoms with Crippen molar-refractivity contribution >= 4 is 17.5 Å². The molecule has 0 radical (unpaired) electrons. The van der Waals surface area contributed by atoms with Crippen LogP contribution in [0.2, 0.25) is 0 Å². The fourth-order valence-corrected chi connectivity index (χ4v) is 2.31. The van der Waals surface area contributed by atoms with Crippen molar-refractivity contribution in [3.8, 4) is 11.8 Å². The van der Waals surface area contributed by atoms with E-state index < -0.39 is 0 Å². The van der Waals surface area contributed by atoms with Gasteiger partial charge in [-0.2, -0.15) is 9.97 Å². The number of alkyl halides is 1. The maximum atomic E-state index is 6.08. The zero-order valence-corrected chi connectivity index (χ0v) is 11.4. The smallest absolute Gasteiger partial charge is 0.229 e. The van der Waals surface area contributed by atoms with Gasteiger partial charge in [0.05, 0.1) is 20.3 Å². The molecular weight excluding hydrogens is 254 g/mol. The molecule has 0 atom stereocenters. The molecule has 0 unspecified atom stereocenters. The Morgan fingerprint density at radius 2 is 1.67 bits per heavy atom. The Hall–Kier alpha value is -1.23. The molecule has 0 spiro atoms.